The fourth-order valence-electron chi connectivity index (χ4n) is 3.78. The number of hydrogen-bond acceptors (Lipinski definition) is 3. The lowest BCUT2D eigenvalue weighted by molar-refractivity contribution is 0.262. The Morgan fingerprint density at radius 3 is 2.68 bits per heavy atom. The Kier molecular flexibility index (Phi) is 4.29. The van der Waals surface area contributed by atoms with Crippen LogP contribution in [0.4, 0.5) is 15.6 Å². The zero-order valence-corrected chi connectivity index (χ0v) is 16.1. The fraction of sp³-hybridized carbons (Fsp3) is 0.130. The zero-order valence-electron chi connectivity index (χ0n) is 15.2. The molecule has 4 aromatic rings. The Morgan fingerprint density at radius 1 is 0.893 bits per heavy atom. The van der Waals surface area contributed by atoms with Crippen molar-refractivity contribution < 1.29 is 4.79 Å². The number of rotatable bonds is 2. The van der Waals surface area contributed by atoms with E-state index in [1.807, 2.05) is 48.5 Å². The monoisotopic (exact) mass is 385 g/mol. The molecular formula is C23H19N3OS. The minimum Gasteiger partial charge on any atom is -0.307 e. The number of benzene rings is 3. The zero-order chi connectivity index (χ0) is 18.9. The van der Waals surface area contributed by atoms with Gasteiger partial charge < -0.3 is 5.32 Å². The molecule has 3 aromatic carbocycles. The summed E-state index contributed by atoms with van der Waals surface area (Å²) in [5.41, 5.74) is 4.32. The molecule has 0 bridgehead atoms. The summed E-state index contributed by atoms with van der Waals surface area (Å²) >= 11 is 1.57. The molecule has 2 N–H and O–H groups in total. The number of aryl methyl sites for hydroxylation is 2. The Balaban J connectivity index is 1.40. The maximum Gasteiger partial charge on any atom is 0.325 e. The van der Waals surface area contributed by atoms with Gasteiger partial charge in [-0.15, -0.1) is 11.3 Å². The summed E-state index contributed by atoms with van der Waals surface area (Å²) in [6, 6.07) is 22.1. The van der Waals surface area contributed by atoms with Crippen LogP contribution in [0.5, 0.6) is 0 Å². The van der Waals surface area contributed by atoms with E-state index >= 15 is 0 Å². The smallest absolute Gasteiger partial charge is 0.307 e. The van der Waals surface area contributed by atoms with Crippen molar-refractivity contribution >= 4 is 39.0 Å². The molecule has 1 heterocycles. The van der Waals surface area contributed by atoms with E-state index in [0.29, 0.717) is 5.13 Å². The highest BCUT2D eigenvalue weighted by molar-refractivity contribution is 7.16. The Bertz CT molecular complexity index is 1180. The highest BCUT2D eigenvalue weighted by Gasteiger charge is 2.19. The van der Waals surface area contributed by atoms with E-state index in [4.69, 9.17) is 4.98 Å². The molecule has 0 spiro atoms. The number of aromatic nitrogens is 1. The van der Waals surface area contributed by atoms with Gasteiger partial charge in [0.25, 0.3) is 0 Å². The van der Waals surface area contributed by atoms with Gasteiger partial charge in [0, 0.05) is 15.8 Å². The Hall–Kier alpha value is -3.18. The maximum atomic E-state index is 12.6. The number of fused-ring (bicyclic) bond motifs is 4. The van der Waals surface area contributed by atoms with Gasteiger partial charge in [0.1, 0.15) is 0 Å². The molecule has 0 saturated heterocycles. The molecule has 5 heteroatoms. The molecule has 1 aliphatic rings. The lowest BCUT2D eigenvalue weighted by Crippen LogP contribution is -2.19. The van der Waals surface area contributed by atoms with E-state index in [1.54, 1.807) is 11.3 Å². The quantitative estimate of drug-likeness (QED) is 0.438. The van der Waals surface area contributed by atoms with Crippen LogP contribution in [0.15, 0.2) is 66.7 Å². The number of urea groups is 1. The second-order valence-electron chi connectivity index (χ2n) is 6.91. The van der Waals surface area contributed by atoms with Crippen molar-refractivity contribution in [2.24, 2.45) is 0 Å². The number of carbonyl (C=O) groups is 1. The van der Waals surface area contributed by atoms with Crippen LogP contribution in [0.1, 0.15) is 16.9 Å². The van der Waals surface area contributed by atoms with Gasteiger partial charge in [-0.3, -0.25) is 5.32 Å². The predicted molar refractivity (Wildman–Crippen MR) is 116 cm³/mol. The van der Waals surface area contributed by atoms with Crippen LogP contribution in [0.2, 0.25) is 0 Å². The first-order chi connectivity index (χ1) is 13.8. The lowest BCUT2D eigenvalue weighted by atomic mass is 10.0. The average molecular weight is 385 g/mol. The van der Waals surface area contributed by atoms with Crippen LogP contribution in [0, 0.1) is 0 Å². The third-order valence-electron chi connectivity index (χ3n) is 5.08. The Labute approximate surface area is 167 Å². The van der Waals surface area contributed by atoms with Gasteiger partial charge in [0.15, 0.2) is 5.13 Å². The highest BCUT2D eigenvalue weighted by Crippen LogP contribution is 2.37. The first-order valence-electron chi connectivity index (χ1n) is 9.42. The standard InChI is InChI=1S/C23H19N3OS/c27-22(24-19-13-5-9-15-7-1-3-11-17(15)19)26-23-25-21-18-12-4-2-8-16(18)10-6-14-20(21)28-23/h1-5,7-9,11-13H,6,10,14H2,(H2,24,25,26,27). The van der Waals surface area contributed by atoms with Crippen LogP contribution in [-0.2, 0) is 12.8 Å². The molecule has 5 rings (SSSR count). The average Bonchev–Trinajstić information content (AvgIpc) is 3.02. The molecule has 28 heavy (non-hydrogen) atoms. The summed E-state index contributed by atoms with van der Waals surface area (Å²) in [5.74, 6) is 0. The van der Waals surface area contributed by atoms with Crippen molar-refractivity contribution in [3.8, 4) is 11.3 Å². The summed E-state index contributed by atoms with van der Waals surface area (Å²) < 4.78 is 0. The predicted octanol–water partition coefficient (Wildman–Crippen LogP) is 6.10. The minimum absolute atomic E-state index is 0.270. The first-order valence-corrected chi connectivity index (χ1v) is 10.2. The largest absolute Gasteiger partial charge is 0.325 e. The van der Waals surface area contributed by atoms with Crippen molar-refractivity contribution in [1.29, 1.82) is 0 Å². The van der Waals surface area contributed by atoms with Crippen molar-refractivity contribution in [2.45, 2.75) is 19.3 Å². The third kappa shape index (κ3) is 3.14. The second kappa shape index (κ2) is 7.09. The van der Waals surface area contributed by atoms with Gasteiger partial charge in [0.05, 0.1) is 11.4 Å². The number of nitrogens with zero attached hydrogens (tertiary/aromatic N) is 1. The minimum atomic E-state index is -0.270. The molecule has 0 aliphatic heterocycles. The SMILES string of the molecule is O=C(Nc1nc2c(s1)CCCc1ccccc1-2)Nc1cccc2ccccc12. The third-order valence-corrected chi connectivity index (χ3v) is 6.11. The van der Waals surface area contributed by atoms with Crippen LogP contribution < -0.4 is 10.6 Å². The van der Waals surface area contributed by atoms with E-state index in [0.717, 1.165) is 41.4 Å². The number of carbonyl (C=O) groups excluding carboxylic acids is 1. The number of thiazole rings is 1. The number of anilines is 2. The molecule has 2 amide bonds. The van der Waals surface area contributed by atoms with Gasteiger partial charge in [-0.05, 0) is 36.3 Å². The van der Waals surface area contributed by atoms with E-state index in [9.17, 15) is 4.79 Å². The molecule has 1 aliphatic carbocycles. The maximum absolute atomic E-state index is 12.6. The molecule has 4 nitrogen and oxygen atoms in total. The van der Waals surface area contributed by atoms with Crippen molar-refractivity contribution in [2.75, 3.05) is 10.6 Å². The van der Waals surface area contributed by atoms with Crippen molar-refractivity contribution in [3.63, 3.8) is 0 Å². The lowest BCUT2D eigenvalue weighted by Gasteiger charge is -2.09. The van der Waals surface area contributed by atoms with Crippen LogP contribution in [0.25, 0.3) is 22.0 Å². The van der Waals surface area contributed by atoms with Crippen LogP contribution in [0.3, 0.4) is 0 Å². The normalized spacial score (nSPS) is 12.7. The fourth-order valence-corrected chi connectivity index (χ4v) is 4.79. The Morgan fingerprint density at radius 2 is 1.71 bits per heavy atom. The molecule has 0 unspecified atom stereocenters. The van der Waals surface area contributed by atoms with Crippen LogP contribution >= 0.6 is 11.3 Å². The summed E-state index contributed by atoms with van der Waals surface area (Å²) in [4.78, 5) is 18.6. The summed E-state index contributed by atoms with van der Waals surface area (Å²) in [6.07, 6.45) is 3.17. The summed E-state index contributed by atoms with van der Waals surface area (Å²) in [7, 11) is 0. The van der Waals surface area contributed by atoms with Gasteiger partial charge in [0.2, 0.25) is 0 Å². The summed E-state index contributed by atoms with van der Waals surface area (Å²) in [6.45, 7) is 0. The molecule has 0 radical (unpaired) electrons. The van der Waals surface area contributed by atoms with Crippen molar-refractivity contribution in [3.05, 3.63) is 77.2 Å². The van der Waals surface area contributed by atoms with E-state index in [-0.39, 0.29) is 6.03 Å². The van der Waals surface area contributed by atoms with E-state index < -0.39 is 0 Å². The molecule has 0 saturated carbocycles. The number of hydrogen-bond donors (Lipinski definition) is 2. The number of amides is 2. The highest BCUT2D eigenvalue weighted by atomic mass is 32.1. The molecule has 0 fully saturated rings. The molecular weight excluding hydrogens is 366 g/mol. The van der Waals surface area contributed by atoms with E-state index in [2.05, 4.69) is 28.8 Å². The van der Waals surface area contributed by atoms with E-state index in [1.165, 1.54) is 16.0 Å². The number of nitrogens with one attached hydrogen (secondary N) is 2. The van der Waals surface area contributed by atoms with Gasteiger partial charge >= 0.3 is 6.03 Å². The van der Waals surface area contributed by atoms with Gasteiger partial charge in [-0.1, -0.05) is 60.7 Å². The summed E-state index contributed by atoms with van der Waals surface area (Å²) in [5, 5.41) is 8.63. The van der Waals surface area contributed by atoms with Gasteiger partial charge in [-0.25, -0.2) is 9.78 Å². The molecule has 138 valence electrons. The van der Waals surface area contributed by atoms with Crippen molar-refractivity contribution in [1.82, 2.24) is 4.98 Å². The topological polar surface area (TPSA) is 54.0 Å². The van der Waals surface area contributed by atoms with Crippen LogP contribution in [-0.4, -0.2) is 11.0 Å². The first kappa shape index (κ1) is 17.0. The molecule has 0 atom stereocenters. The second-order valence-corrected chi connectivity index (χ2v) is 7.99. The van der Waals surface area contributed by atoms with Gasteiger partial charge in [-0.2, -0.15) is 0 Å². The molecule has 1 aromatic heterocycles.